The van der Waals surface area contributed by atoms with Gasteiger partial charge in [0.1, 0.15) is 0 Å². The molecule has 0 saturated carbocycles. The molecule has 16 nitrogen and oxygen atoms in total. The second kappa shape index (κ2) is 31.1. The summed E-state index contributed by atoms with van der Waals surface area (Å²) in [5, 5.41) is 135. The highest BCUT2D eigenvalue weighted by atomic mass is 19.4. The van der Waals surface area contributed by atoms with Gasteiger partial charge < -0.3 is 18.3 Å². The van der Waals surface area contributed by atoms with Crippen molar-refractivity contribution in [3.63, 3.8) is 0 Å². The fourth-order valence-electron chi connectivity index (χ4n) is 18.5. The Labute approximate surface area is 745 Å². The molecule has 0 amide bonds. The van der Waals surface area contributed by atoms with Gasteiger partial charge in [0, 0.05) is 76.5 Å². The van der Waals surface area contributed by atoms with E-state index in [-0.39, 0.29) is 89.0 Å². The third-order valence-electron chi connectivity index (χ3n) is 24.5. The molecule has 4 heterocycles. The third-order valence-corrected chi connectivity index (χ3v) is 24.5. The molecule has 132 heavy (non-hydrogen) atoms. The first kappa shape index (κ1) is 80.6. The number of alkyl halides is 6. The van der Waals surface area contributed by atoms with Crippen LogP contribution in [0, 0.1) is 136 Å². The molecule has 0 spiro atoms. The highest BCUT2D eigenvalue weighted by molar-refractivity contribution is 6.16. The minimum absolute atomic E-state index is 0.00150. The summed E-state index contributed by atoms with van der Waals surface area (Å²) in [6.45, 7) is 0. The number of para-hydroxylation sites is 3. The van der Waals surface area contributed by atoms with E-state index in [2.05, 4.69) is 60.7 Å². The molecule has 0 aliphatic carbocycles. The Morgan fingerprint density at radius 3 is 0.773 bits per heavy atom. The number of aromatic nitrogens is 4. The maximum absolute atomic E-state index is 14.7. The number of halogens is 6. The molecule has 4 aromatic heterocycles. The van der Waals surface area contributed by atoms with Crippen molar-refractivity contribution in [2.24, 2.45) is 0 Å². The second-order valence-corrected chi connectivity index (χ2v) is 31.4. The van der Waals surface area contributed by atoms with Gasteiger partial charge in [-0.05, 0) is 202 Å². The van der Waals surface area contributed by atoms with Crippen molar-refractivity contribution < 1.29 is 26.3 Å². The Balaban J connectivity index is 0.847. The summed E-state index contributed by atoms with van der Waals surface area (Å²) >= 11 is 0. The number of benzene rings is 16. The number of nitriles is 12. The second-order valence-electron chi connectivity index (χ2n) is 31.4. The molecule has 0 N–H and O–H groups in total. The molecular formula is C110H48F6N16. The Morgan fingerprint density at radius 2 is 0.432 bits per heavy atom. The van der Waals surface area contributed by atoms with Gasteiger partial charge in [0.25, 0.3) is 0 Å². The molecule has 22 heteroatoms. The van der Waals surface area contributed by atoms with Crippen molar-refractivity contribution in [3.05, 3.63) is 369 Å². The molecule has 0 bridgehead atoms. The van der Waals surface area contributed by atoms with E-state index in [4.69, 9.17) is 0 Å². The van der Waals surface area contributed by atoms with E-state index in [1.165, 1.54) is 30.3 Å². The van der Waals surface area contributed by atoms with Crippen LogP contribution in [0.5, 0.6) is 0 Å². The number of nitrogens with zero attached hydrogens (tertiary/aromatic N) is 16. The van der Waals surface area contributed by atoms with Crippen LogP contribution in [0.1, 0.15) is 77.9 Å². The predicted molar refractivity (Wildman–Crippen MR) is 488 cm³/mol. The minimum atomic E-state index is -4.86. The minimum Gasteiger partial charge on any atom is -0.307 e. The van der Waals surface area contributed by atoms with E-state index < -0.39 is 23.5 Å². The van der Waals surface area contributed by atoms with E-state index in [9.17, 15) is 89.5 Å². The van der Waals surface area contributed by atoms with Gasteiger partial charge in [-0.3, -0.25) is 0 Å². The molecule has 0 fully saturated rings. The summed E-state index contributed by atoms with van der Waals surface area (Å²) in [4.78, 5) is 0. The first-order valence-corrected chi connectivity index (χ1v) is 40.6. The molecule has 20 rings (SSSR count). The van der Waals surface area contributed by atoms with Crippen molar-refractivity contribution in [2.45, 2.75) is 12.4 Å². The standard InChI is InChI=1S/C110H48F6N16/c111-109(112,113)78-21-29-83(74(37-78)57-125)93-47-107(129-99-12-6-3-9-87(99)95-39-64(19-31-100(95)129)80-23-13-61(49-117)33-69(80)52-120)105(44-76(93)59-127)132-101-32-20-65(81-24-14-62(50-118)34-70(81)53-121)40-96(101)90-28-18-68(43-104(90)132)92-46-91(72(55-123)36-73(92)56-124)67-17-27-89-86-8-2-5-11-98(86)131(103(89)42-67)108-48-94(84-30-22-79(110(114,115)116)38-75(84)58-126)77(60-128)45-106(108)130-97-10-4-1-7-85(97)88-26-16-66(41-102(88)130)82-25-15-63(51-119)35-71(82)54-122/h1-48H. The number of hydrogen-bond donors (Lipinski definition) is 0. The number of fused-ring (bicyclic) bond motifs is 12. The summed E-state index contributed by atoms with van der Waals surface area (Å²) < 4.78 is 95.7. The van der Waals surface area contributed by atoms with Crippen LogP contribution < -0.4 is 0 Å². The molecule has 0 atom stereocenters. The lowest BCUT2D eigenvalue weighted by molar-refractivity contribution is -0.138. The van der Waals surface area contributed by atoms with Gasteiger partial charge in [-0.2, -0.15) is 89.5 Å². The van der Waals surface area contributed by atoms with E-state index in [0.717, 1.165) is 41.1 Å². The molecule has 0 unspecified atom stereocenters. The van der Waals surface area contributed by atoms with Gasteiger partial charge in [0.2, 0.25) is 0 Å². The van der Waals surface area contributed by atoms with Crippen LogP contribution in [0.2, 0.25) is 0 Å². The fourth-order valence-corrected chi connectivity index (χ4v) is 18.5. The average molecular weight is 1710 g/mol. The van der Waals surface area contributed by atoms with Crippen LogP contribution in [-0.2, 0) is 12.4 Å². The summed E-state index contributed by atoms with van der Waals surface area (Å²) in [6, 6.07) is 106. The molecule has 0 aliphatic heterocycles. The molecule has 16 aromatic carbocycles. The SMILES string of the molecule is N#Cc1ccc(-c2ccc3c(c2)c2ccccc2n3-c2cc(-c3ccc(C(F)(F)F)cc3C#N)c(C#N)cc2-n2c3ccc(-c4ccc(C#N)cc4C#N)cc3c3ccc(-c4cc(-c5ccc6c7ccccc7n(-c7cc(-c8ccc(C(F)(F)F)cc8C#N)c(C#N)cc7-n7c8ccccc8c8ccc(-c9ccc(C#N)cc9C#N)cc87)c6c5)c(C#N)cc4C#N)cc32)c(C#N)c1. The predicted octanol–water partition coefficient (Wildman–Crippen LogP) is 26.2. The van der Waals surface area contributed by atoms with Crippen LogP contribution >= 0.6 is 0 Å². The number of rotatable bonds is 11. The van der Waals surface area contributed by atoms with Crippen molar-refractivity contribution in [3.8, 4) is 173 Å². The maximum Gasteiger partial charge on any atom is 0.416 e. The Morgan fingerprint density at radius 1 is 0.174 bits per heavy atom. The van der Waals surface area contributed by atoms with E-state index >= 15 is 0 Å². The highest BCUT2D eigenvalue weighted by Gasteiger charge is 2.35. The van der Waals surface area contributed by atoms with Crippen molar-refractivity contribution in [1.82, 2.24) is 18.3 Å². The average Bonchev–Trinajstić information content (AvgIpc) is 1.56. The molecule has 0 saturated heterocycles. The largest absolute Gasteiger partial charge is 0.416 e. The van der Waals surface area contributed by atoms with Crippen LogP contribution in [0.15, 0.2) is 291 Å². The summed E-state index contributed by atoms with van der Waals surface area (Å²) in [7, 11) is 0. The van der Waals surface area contributed by atoms with Gasteiger partial charge in [-0.25, -0.2) is 0 Å². The van der Waals surface area contributed by atoms with Crippen molar-refractivity contribution in [2.75, 3.05) is 0 Å². The van der Waals surface area contributed by atoms with Crippen molar-refractivity contribution >= 4 is 87.2 Å². The summed E-state index contributed by atoms with van der Waals surface area (Å²) in [6.07, 6.45) is -9.71. The lowest BCUT2D eigenvalue weighted by atomic mass is 9.90. The zero-order chi connectivity index (χ0) is 91.4. The molecular weight excluding hydrogens is 1660 g/mol. The molecule has 0 radical (unpaired) electrons. The van der Waals surface area contributed by atoms with Gasteiger partial charge in [-0.15, -0.1) is 0 Å². The van der Waals surface area contributed by atoms with Gasteiger partial charge in [-0.1, -0.05) is 133 Å². The van der Waals surface area contributed by atoms with Crippen LogP contribution in [-0.4, -0.2) is 18.3 Å². The monoisotopic (exact) mass is 1710 g/mol. The Hall–Kier alpha value is -19.8. The first-order valence-electron chi connectivity index (χ1n) is 40.6. The summed E-state index contributed by atoms with van der Waals surface area (Å²) in [5.41, 5.74) is 9.35. The van der Waals surface area contributed by atoms with Crippen LogP contribution in [0.3, 0.4) is 0 Å². The first-order chi connectivity index (χ1) is 64.1. The topological polar surface area (TPSA) is 305 Å². The van der Waals surface area contributed by atoms with E-state index in [1.807, 2.05) is 188 Å². The summed E-state index contributed by atoms with van der Waals surface area (Å²) in [5.74, 6) is 0. The quantitative estimate of drug-likeness (QED) is 0.109. The third kappa shape index (κ3) is 12.9. The van der Waals surface area contributed by atoms with E-state index in [1.54, 1.807) is 72.8 Å². The fraction of sp³-hybridized carbons (Fsp3) is 0.0182. The molecule has 610 valence electrons. The maximum atomic E-state index is 14.7. The van der Waals surface area contributed by atoms with Crippen LogP contribution in [0.4, 0.5) is 26.3 Å². The zero-order valence-electron chi connectivity index (χ0n) is 68.1. The van der Waals surface area contributed by atoms with Crippen LogP contribution in [0.25, 0.3) is 188 Å². The smallest absolute Gasteiger partial charge is 0.307 e. The highest BCUT2D eigenvalue weighted by Crippen LogP contribution is 2.50. The zero-order valence-corrected chi connectivity index (χ0v) is 68.1. The van der Waals surface area contributed by atoms with Crippen molar-refractivity contribution in [1.29, 1.82) is 63.1 Å². The normalized spacial score (nSPS) is 11.3. The van der Waals surface area contributed by atoms with Gasteiger partial charge in [0.15, 0.2) is 0 Å². The number of hydrogen-bond acceptors (Lipinski definition) is 12. The lowest BCUT2D eigenvalue weighted by Crippen LogP contribution is -2.07. The van der Waals surface area contributed by atoms with Gasteiger partial charge >= 0.3 is 12.4 Å². The van der Waals surface area contributed by atoms with E-state index in [0.29, 0.717) is 155 Å². The lowest BCUT2D eigenvalue weighted by Gasteiger charge is -2.20. The van der Waals surface area contributed by atoms with Gasteiger partial charge in [0.05, 0.1) is 218 Å². The Kier molecular flexibility index (Phi) is 19.0. The Bertz CT molecular complexity index is 9200. The molecule has 0 aliphatic rings. The molecule has 20 aromatic rings.